The molecule has 0 unspecified atom stereocenters. The number of hydrogen-bond donors (Lipinski definition) is 0. The van der Waals surface area contributed by atoms with Crippen molar-refractivity contribution >= 4 is 21.6 Å². The van der Waals surface area contributed by atoms with Crippen molar-refractivity contribution < 1.29 is 9.47 Å². The van der Waals surface area contributed by atoms with Crippen LogP contribution in [0.4, 0.5) is 0 Å². The van der Waals surface area contributed by atoms with Crippen molar-refractivity contribution in [2.75, 3.05) is 20.8 Å². The highest BCUT2D eigenvalue weighted by molar-refractivity contribution is 7.18. The number of hydrogen-bond acceptors (Lipinski definition) is 7. The van der Waals surface area contributed by atoms with Gasteiger partial charge in [0.25, 0.3) is 0 Å². The van der Waals surface area contributed by atoms with Gasteiger partial charge in [-0.1, -0.05) is 6.07 Å². The van der Waals surface area contributed by atoms with Gasteiger partial charge in [0.05, 0.1) is 35.0 Å². The van der Waals surface area contributed by atoms with Gasteiger partial charge in [-0.15, -0.1) is 11.3 Å². The Hall–Kier alpha value is -2.25. The maximum Gasteiger partial charge on any atom is 0.319 e. The van der Waals surface area contributed by atoms with Crippen molar-refractivity contribution in [3.8, 4) is 23.0 Å². The number of nitrogens with zero attached hydrogens (tertiary/aromatic N) is 4. The first kappa shape index (κ1) is 18.8. The van der Waals surface area contributed by atoms with E-state index in [9.17, 15) is 0 Å². The number of fused-ring (bicyclic) bond motifs is 1. The molecular weight excluding hydrogens is 384 g/mol. The lowest BCUT2D eigenvalue weighted by molar-refractivity contribution is 0.103. The molecule has 2 fully saturated rings. The Labute approximate surface area is 174 Å². The highest BCUT2D eigenvalue weighted by atomic mass is 32.1. The molecule has 6 nitrogen and oxygen atoms in total. The molecule has 152 valence electrons. The third kappa shape index (κ3) is 3.36. The summed E-state index contributed by atoms with van der Waals surface area (Å²) >= 11 is 1.82. The van der Waals surface area contributed by atoms with E-state index in [0.717, 1.165) is 28.7 Å². The molecule has 0 bridgehead atoms. The van der Waals surface area contributed by atoms with Crippen LogP contribution in [-0.2, 0) is 0 Å². The maximum atomic E-state index is 5.45. The molecule has 5 rings (SSSR count). The van der Waals surface area contributed by atoms with E-state index in [1.54, 1.807) is 20.4 Å². The van der Waals surface area contributed by atoms with Crippen LogP contribution in [0.5, 0.6) is 11.9 Å². The van der Waals surface area contributed by atoms with Gasteiger partial charge in [0, 0.05) is 24.2 Å². The number of aromatic nitrogens is 3. The normalized spacial score (nSPS) is 24.6. The molecule has 0 amide bonds. The fraction of sp³-hybridized carbons (Fsp3) is 0.500. The van der Waals surface area contributed by atoms with E-state index >= 15 is 0 Å². The summed E-state index contributed by atoms with van der Waals surface area (Å²) in [7, 11) is 3.16. The van der Waals surface area contributed by atoms with Gasteiger partial charge in [-0.25, -0.2) is 9.97 Å². The Morgan fingerprint density at radius 2 is 2.00 bits per heavy atom. The van der Waals surface area contributed by atoms with Crippen LogP contribution in [-0.4, -0.2) is 52.7 Å². The van der Waals surface area contributed by atoms with Crippen LogP contribution in [0.15, 0.2) is 24.4 Å². The lowest BCUT2D eigenvalue weighted by Crippen LogP contribution is -2.45. The van der Waals surface area contributed by atoms with Gasteiger partial charge in [-0.05, 0) is 56.8 Å². The molecule has 1 aliphatic carbocycles. The molecule has 1 aliphatic heterocycles. The summed E-state index contributed by atoms with van der Waals surface area (Å²) in [5.41, 5.74) is 2.96. The van der Waals surface area contributed by atoms with Crippen LogP contribution >= 0.6 is 11.3 Å². The Balaban J connectivity index is 1.37. The maximum absolute atomic E-state index is 5.45. The molecule has 1 atom stereocenters. The molecule has 1 saturated carbocycles. The van der Waals surface area contributed by atoms with E-state index in [1.165, 1.54) is 41.9 Å². The molecule has 1 saturated heterocycles. The van der Waals surface area contributed by atoms with Crippen molar-refractivity contribution in [2.45, 2.75) is 50.6 Å². The number of likely N-dealkylation sites (tertiary alicyclic amines) is 1. The second kappa shape index (κ2) is 7.54. The molecule has 3 heterocycles. The largest absolute Gasteiger partial charge is 0.480 e. The van der Waals surface area contributed by atoms with Crippen molar-refractivity contribution in [2.24, 2.45) is 0 Å². The average molecular weight is 411 g/mol. The zero-order valence-electron chi connectivity index (χ0n) is 17.1. The predicted molar refractivity (Wildman–Crippen MR) is 115 cm³/mol. The summed E-state index contributed by atoms with van der Waals surface area (Å²) in [5, 5.41) is 1.28. The van der Waals surface area contributed by atoms with Crippen LogP contribution < -0.4 is 9.47 Å². The predicted octanol–water partition coefficient (Wildman–Crippen LogP) is 4.50. The van der Waals surface area contributed by atoms with E-state index in [2.05, 4.69) is 40.0 Å². The first-order valence-corrected chi connectivity index (χ1v) is 11.1. The lowest BCUT2D eigenvalue weighted by atomic mass is 9.79. The standard InChI is InChI=1S/C22H26N4O2S/c1-13-5-4-8-26(13)16-9-15(10-16)21-24-18-7-6-14(11-19(18)29-21)17-12-23-22(28-3)25-20(17)27-2/h6-7,11-13,15-16H,4-5,8-10H2,1-3H3/t13-,15-,16+/m0/s1. The van der Waals surface area contributed by atoms with E-state index in [0.29, 0.717) is 17.8 Å². The van der Waals surface area contributed by atoms with Crippen LogP contribution in [0.1, 0.15) is 43.5 Å². The summed E-state index contributed by atoms with van der Waals surface area (Å²) in [5.74, 6) is 1.12. The van der Waals surface area contributed by atoms with E-state index in [1.807, 2.05) is 11.3 Å². The smallest absolute Gasteiger partial charge is 0.319 e. The average Bonchev–Trinajstić information content (AvgIpc) is 3.32. The fourth-order valence-corrected chi connectivity index (χ4v) is 5.78. The molecule has 2 aliphatic rings. The number of rotatable bonds is 5. The lowest BCUT2D eigenvalue weighted by Gasteiger charge is -2.42. The molecule has 29 heavy (non-hydrogen) atoms. The Bertz CT molecular complexity index is 1030. The van der Waals surface area contributed by atoms with Gasteiger partial charge in [0.15, 0.2) is 0 Å². The third-order valence-electron chi connectivity index (χ3n) is 6.36. The SMILES string of the molecule is COc1ncc(-c2ccc3nc([C@H]4C[C@@H](N5CCC[C@@H]5C)C4)sc3c2)c(OC)n1. The number of ether oxygens (including phenoxy) is 2. The van der Waals surface area contributed by atoms with Crippen molar-refractivity contribution in [1.29, 1.82) is 0 Å². The van der Waals surface area contributed by atoms with Crippen LogP contribution in [0.25, 0.3) is 21.3 Å². The van der Waals surface area contributed by atoms with E-state index in [4.69, 9.17) is 14.5 Å². The van der Waals surface area contributed by atoms with E-state index < -0.39 is 0 Å². The summed E-state index contributed by atoms with van der Waals surface area (Å²) in [4.78, 5) is 16.2. The van der Waals surface area contributed by atoms with Crippen molar-refractivity contribution in [1.82, 2.24) is 19.9 Å². The molecule has 2 aromatic heterocycles. The van der Waals surface area contributed by atoms with Gasteiger partial charge in [-0.2, -0.15) is 4.98 Å². The second-order valence-corrected chi connectivity index (χ2v) is 9.13. The Morgan fingerprint density at radius 1 is 1.14 bits per heavy atom. The summed E-state index contributed by atoms with van der Waals surface area (Å²) in [6.45, 7) is 3.64. The second-order valence-electron chi connectivity index (χ2n) is 8.07. The molecular formula is C22H26N4O2S. The van der Waals surface area contributed by atoms with Gasteiger partial charge in [0.2, 0.25) is 5.88 Å². The van der Waals surface area contributed by atoms with Crippen LogP contribution in [0.3, 0.4) is 0 Å². The minimum atomic E-state index is 0.304. The zero-order chi connectivity index (χ0) is 20.0. The van der Waals surface area contributed by atoms with E-state index in [-0.39, 0.29) is 0 Å². The monoisotopic (exact) mass is 410 g/mol. The van der Waals surface area contributed by atoms with Gasteiger partial charge in [0.1, 0.15) is 0 Å². The minimum Gasteiger partial charge on any atom is -0.480 e. The number of methoxy groups -OCH3 is 2. The van der Waals surface area contributed by atoms with Crippen LogP contribution in [0.2, 0.25) is 0 Å². The summed E-state index contributed by atoms with van der Waals surface area (Å²) in [6, 6.07) is 8.13. The van der Waals surface area contributed by atoms with Gasteiger partial charge in [-0.3, -0.25) is 4.90 Å². The van der Waals surface area contributed by atoms with Crippen molar-refractivity contribution in [3.63, 3.8) is 0 Å². The summed E-state index contributed by atoms with van der Waals surface area (Å²) < 4.78 is 11.8. The molecule has 3 aromatic rings. The van der Waals surface area contributed by atoms with Crippen molar-refractivity contribution in [3.05, 3.63) is 29.4 Å². The Morgan fingerprint density at radius 3 is 2.72 bits per heavy atom. The number of benzene rings is 1. The molecule has 0 radical (unpaired) electrons. The van der Waals surface area contributed by atoms with Gasteiger partial charge >= 0.3 is 6.01 Å². The third-order valence-corrected chi connectivity index (χ3v) is 7.54. The molecule has 0 spiro atoms. The molecule has 0 N–H and O–H groups in total. The van der Waals surface area contributed by atoms with Gasteiger partial charge < -0.3 is 9.47 Å². The fourth-order valence-electron chi connectivity index (χ4n) is 4.65. The quantitative estimate of drug-likeness (QED) is 0.617. The highest BCUT2D eigenvalue weighted by Gasteiger charge is 2.39. The first-order valence-electron chi connectivity index (χ1n) is 10.3. The Kier molecular flexibility index (Phi) is 4.87. The molecule has 1 aromatic carbocycles. The minimum absolute atomic E-state index is 0.304. The topological polar surface area (TPSA) is 60.4 Å². The molecule has 7 heteroatoms. The highest BCUT2D eigenvalue weighted by Crippen LogP contribution is 2.44. The number of thiazole rings is 1. The van der Waals surface area contributed by atoms with Crippen LogP contribution in [0, 0.1) is 0 Å². The summed E-state index contributed by atoms with van der Waals surface area (Å²) in [6.07, 6.45) is 6.95. The first-order chi connectivity index (χ1) is 14.2. The zero-order valence-corrected chi connectivity index (χ0v) is 17.9.